The monoisotopic (exact) mass is 288 g/mol. The fraction of sp³-hybridized carbons (Fsp3) is 0.529. The number of hydrogen-bond donors (Lipinski definition) is 1. The van der Waals surface area contributed by atoms with Gasteiger partial charge in [0, 0.05) is 6.54 Å². The van der Waals surface area contributed by atoms with Crippen molar-refractivity contribution in [3.63, 3.8) is 0 Å². The van der Waals surface area contributed by atoms with Crippen LogP contribution in [-0.4, -0.2) is 29.3 Å². The average Bonchev–Trinajstić information content (AvgIpc) is 2.50. The first-order chi connectivity index (χ1) is 10.0. The van der Waals surface area contributed by atoms with E-state index in [0.717, 1.165) is 18.4 Å². The molecule has 21 heavy (non-hydrogen) atoms. The molecule has 2 atom stereocenters. The summed E-state index contributed by atoms with van der Waals surface area (Å²) in [5.41, 5.74) is -0.128. The summed E-state index contributed by atoms with van der Waals surface area (Å²) in [5.74, 6) is -0.0619. The van der Waals surface area contributed by atoms with Gasteiger partial charge in [0.15, 0.2) is 0 Å². The maximum atomic E-state index is 13.0. The van der Waals surface area contributed by atoms with Gasteiger partial charge in [-0.05, 0) is 25.3 Å². The lowest BCUT2D eigenvalue weighted by atomic mass is 9.86. The first kappa shape index (κ1) is 15.5. The lowest BCUT2D eigenvalue weighted by Gasteiger charge is -2.44. The molecule has 2 rings (SSSR count). The molecule has 0 bridgehead atoms. The van der Waals surface area contributed by atoms with Crippen LogP contribution >= 0.6 is 0 Å². The molecule has 1 aromatic rings. The predicted molar refractivity (Wildman–Crippen MR) is 82.6 cm³/mol. The molecule has 4 heteroatoms. The number of rotatable bonds is 5. The minimum atomic E-state index is -0.961. The molecule has 114 valence electrons. The van der Waals surface area contributed by atoms with Crippen LogP contribution in [0.4, 0.5) is 0 Å². The van der Waals surface area contributed by atoms with Crippen LogP contribution in [0, 0.1) is 0 Å². The Morgan fingerprint density at radius 1 is 1.19 bits per heavy atom. The first-order valence-electron chi connectivity index (χ1n) is 7.73. The highest BCUT2D eigenvalue weighted by atomic mass is 16.2. The summed E-state index contributed by atoms with van der Waals surface area (Å²) < 4.78 is 0. The molecule has 1 aliphatic rings. The van der Waals surface area contributed by atoms with Gasteiger partial charge in [-0.1, -0.05) is 50.6 Å². The lowest BCUT2D eigenvalue weighted by Crippen LogP contribution is -2.67. The van der Waals surface area contributed by atoms with E-state index in [-0.39, 0.29) is 17.9 Å². The summed E-state index contributed by atoms with van der Waals surface area (Å²) in [7, 11) is 0. The van der Waals surface area contributed by atoms with Crippen molar-refractivity contribution in [3.8, 4) is 0 Å². The third-order valence-corrected chi connectivity index (χ3v) is 4.23. The number of benzene rings is 1. The summed E-state index contributed by atoms with van der Waals surface area (Å²) in [5, 5.41) is 2.94. The van der Waals surface area contributed by atoms with Crippen molar-refractivity contribution in [3.05, 3.63) is 35.9 Å². The molecule has 0 saturated carbocycles. The highest BCUT2D eigenvalue weighted by molar-refractivity contribution is 6.00. The molecular formula is C17H24N2O2. The number of nitrogens with one attached hydrogen (secondary N) is 1. The first-order valence-corrected chi connectivity index (χ1v) is 7.73. The average molecular weight is 288 g/mol. The molecule has 1 N–H and O–H groups in total. The second-order valence-electron chi connectivity index (χ2n) is 5.76. The predicted octanol–water partition coefficient (Wildman–Crippen LogP) is 2.44. The standard InChI is InChI=1S/C17H24N2O2/c1-4-6-12-19-14(5-2)15(20)18-17(3,16(19)21)13-10-8-7-9-11-13/h7-11,14H,4-6,12H2,1-3H3,(H,18,20). The van der Waals surface area contributed by atoms with E-state index in [0.29, 0.717) is 13.0 Å². The van der Waals surface area contributed by atoms with Gasteiger partial charge in [-0.25, -0.2) is 0 Å². The van der Waals surface area contributed by atoms with Crippen LogP contribution in [0.25, 0.3) is 0 Å². The van der Waals surface area contributed by atoms with Crippen LogP contribution in [-0.2, 0) is 15.1 Å². The number of amides is 2. The van der Waals surface area contributed by atoms with Crippen molar-refractivity contribution in [2.45, 2.75) is 51.6 Å². The number of carbonyl (C=O) groups excluding carboxylic acids is 2. The Morgan fingerprint density at radius 3 is 2.43 bits per heavy atom. The zero-order chi connectivity index (χ0) is 15.5. The Bertz CT molecular complexity index is 515. The van der Waals surface area contributed by atoms with Gasteiger partial charge in [-0.15, -0.1) is 0 Å². The van der Waals surface area contributed by atoms with E-state index in [1.165, 1.54) is 0 Å². The molecule has 2 unspecified atom stereocenters. The smallest absolute Gasteiger partial charge is 0.253 e. The molecule has 0 radical (unpaired) electrons. The second kappa shape index (κ2) is 6.29. The van der Waals surface area contributed by atoms with E-state index in [2.05, 4.69) is 12.2 Å². The molecule has 0 spiro atoms. The topological polar surface area (TPSA) is 49.4 Å². The van der Waals surface area contributed by atoms with Gasteiger partial charge in [0.25, 0.3) is 5.91 Å². The zero-order valence-corrected chi connectivity index (χ0v) is 13.1. The molecule has 1 aliphatic heterocycles. The van der Waals surface area contributed by atoms with Gasteiger partial charge in [0.1, 0.15) is 11.6 Å². The van der Waals surface area contributed by atoms with Crippen molar-refractivity contribution in [2.75, 3.05) is 6.54 Å². The third kappa shape index (κ3) is 2.80. The molecule has 0 aromatic heterocycles. The molecule has 1 aromatic carbocycles. The van der Waals surface area contributed by atoms with Gasteiger partial charge < -0.3 is 10.2 Å². The second-order valence-corrected chi connectivity index (χ2v) is 5.76. The number of hydrogen-bond acceptors (Lipinski definition) is 2. The number of piperazine rings is 1. The van der Waals surface area contributed by atoms with Gasteiger partial charge in [-0.3, -0.25) is 9.59 Å². The summed E-state index contributed by atoms with van der Waals surface area (Å²) in [6, 6.07) is 9.13. The van der Waals surface area contributed by atoms with E-state index < -0.39 is 5.54 Å². The minimum Gasteiger partial charge on any atom is -0.336 e. The van der Waals surface area contributed by atoms with Crippen molar-refractivity contribution in [1.82, 2.24) is 10.2 Å². The van der Waals surface area contributed by atoms with E-state index in [9.17, 15) is 9.59 Å². The molecule has 0 aliphatic carbocycles. The largest absolute Gasteiger partial charge is 0.336 e. The van der Waals surface area contributed by atoms with Crippen LogP contribution < -0.4 is 5.32 Å². The fourth-order valence-corrected chi connectivity index (χ4v) is 2.91. The maximum absolute atomic E-state index is 13.0. The van der Waals surface area contributed by atoms with Crippen LogP contribution in [0.5, 0.6) is 0 Å². The van der Waals surface area contributed by atoms with Gasteiger partial charge in [0.2, 0.25) is 5.91 Å². The van der Waals surface area contributed by atoms with Gasteiger partial charge >= 0.3 is 0 Å². The maximum Gasteiger partial charge on any atom is 0.253 e. The zero-order valence-electron chi connectivity index (χ0n) is 13.1. The summed E-state index contributed by atoms with van der Waals surface area (Å²) in [6.45, 7) is 6.48. The number of carbonyl (C=O) groups is 2. The number of unbranched alkanes of at least 4 members (excludes halogenated alkanes) is 1. The molecule has 2 amide bonds. The molecule has 1 heterocycles. The van der Waals surface area contributed by atoms with E-state index in [1.807, 2.05) is 37.3 Å². The Labute approximate surface area is 126 Å². The van der Waals surface area contributed by atoms with Crippen LogP contribution in [0.3, 0.4) is 0 Å². The van der Waals surface area contributed by atoms with Crippen molar-refractivity contribution < 1.29 is 9.59 Å². The van der Waals surface area contributed by atoms with E-state index >= 15 is 0 Å². The third-order valence-electron chi connectivity index (χ3n) is 4.23. The van der Waals surface area contributed by atoms with Crippen LogP contribution in [0.1, 0.15) is 45.6 Å². The van der Waals surface area contributed by atoms with Crippen molar-refractivity contribution >= 4 is 11.8 Å². The highest BCUT2D eigenvalue weighted by Gasteiger charge is 2.48. The Morgan fingerprint density at radius 2 is 1.86 bits per heavy atom. The fourth-order valence-electron chi connectivity index (χ4n) is 2.91. The number of nitrogens with zero attached hydrogens (tertiary/aromatic N) is 1. The van der Waals surface area contributed by atoms with E-state index in [4.69, 9.17) is 0 Å². The van der Waals surface area contributed by atoms with Crippen molar-refractivity contribution in [1.29, 1.82) is 0 Å². The summed E-state index contributed by atoms with van der Waals surface area (Å²) in [4.78, 5) is 27.2. The Hall–Kier alpha value is -1.84. The van der Waals surface area contributed by atoms with Gasteiger partial charge in [0.05, 0.1) is 0 Å². The van der Waals surface area contributed by atoms with Crippen molar-refractivity contribution in [2.24, 2.45) is 0 Å². The molecule has 1 fully saturated rings. The van der Waals surface area contributed by atoms with Gasteiger partial charge in [-0.2, -0.15) is 0 Å². The normalized spacial score (nSPS) is 25.9. The highest BCUT2D eigenvalue weighted by Crippen LogP contribution is 2.29. The summed E-state index contributed by atoms with van der Waals surface area (Å²) in [6.07, 6.45) is 2.57. The minimum absolute atomic E-state index is 0.00593. The molecular weight excluding hydrogens is 264 g/mol. The Kier molecular flexibility index (Phi) is 4.66. The summed E-state index contributed by atoms with van der Waals surface area (Å²) >= 11 is 0. The lowest BCUT2D eigenvalue weighted by molar-refractivity contribution is -0.155. The van der Waals surface area contributed by atoms with Crippen LogP contribution in [0.15, 0.2) is 30.3 Å². The SMILES string of the molecule is CCCCN1C(=O)C(C)(c2ccccc2)NC(=O)C1CC. The van der Waals surface area contributed by atoms with E-state index in [1.54, 1.807) is 11.8 Å². The Balaban J connectivity index is 2.36. The molecule has 1 saturated heterocycles. The quantitative estimate of drug-likeness (QED) is 0.904. The van der Waals surface area contributed by atoms with Crippen LogP contribution in [0.2, 0.25) is 0 Å². The molecule has 4 nitrogen and oxygen atoms in total.